The standard InChI is InChI=1S/C19H12BrClN2O2.C3H6/c20-13-6-5-11-9-12(17(21)22-16(11)10-13)7-8-23-18(24)14-3-1-2-4-15(14)19(23)25;1-2-3-1/h1-6,9-10H,7-8H2;1-3H2. The van der Waals surface area contributed by atoms with Gasteiger partial charge in [0.2, 0.25) is 0 Å². The fourth-order valence-corrected chi connectivity index (χ4v) is 3.60. The molecule has 5 rings (SSSR count). The van der Waals surface area contributed by atoms with Crippen LogP contribution in [-0.4, -0.2) is 28.2 Å². The van der Waals surface area contributed by atoms with Crippen molar-refractivity contribution >= 4 is 50.2 Å². The quantitative estimate of drug-likeness (QED) is 0.377. The summed E-state index contributed by atoms with van der Waals surface area (Å²) >= 11 is 9.70. The fourth-order valence-electron chi connectivity index (χ4n) is 3.01. The average molecular weight is 458 g/mol. The highest BCUT2D eigenvalue weighted by molar-refractivity contribution is 9.10. The third kappa shape index (κ3) is 3.96. The molecule has 0 N–H and O–H groups in total. The monoisotopic (exact) mass is 456 g/mol. The van der Waals surface area contributed by atoms with Gasteiger partial charge in [0.15, 0.2) is 0 Å². The molecular formula is C22H18BrClN2O2. The molecule has 0 saturated heterocycles. The first-order valence-corrected chi connectivity index (χ1v) is 10.4. The van der Waals surface area contributed by atoms with Crippen LogP contribution in [0.25, 0.3) is 10.9 Å². The van der Waals surface area contributed by atoms with Crippen LogP contribution in [0.3, 0.4) is 0 Å². The van der Waals surface area contributed by atoms with E-state index in [1.807, 2.05) is 24.3 Å². The average Bonchev–Trinajstić information content (AvgIpc) is 3.55. The van der Waals surface area contributed by atoms with Gasteiger partial charge in [-0.2, -0.15) is 0 Å². The van der Waals surface area contributed by atoms with Crippen molar-refractivity contribution in [1.82, 2.24) is 9.88 Å². The lowest BCUT2D eigenvalue weighted by molar-refractivity contribution is 0.0656. The molecule has 0 bridgehead atoms. The van der Waals surface area contributed by atoms with Crippen molar-refractivity contribution in [3.05, 3.63) is 74.8 Å². The van der Waals surface area contributed by atoms with Crippen LogP contribution in [0.5, 0.6) is 0 Å². The van der Waals surface area contributed by atoms with Crippen LogP contribution in [0.2, 0.25) is 5.15 Å². The summed E-state index contributed by atoms with van der Waals surface area (Å²) in [6.45, 7) is 0.274. The molecule has 28 heavy (non-hydrogen) atoms. The summed E-state index contributed by atoms with van der Waals surface area (Å²) in [5, 5.41) is 1.35. The second-order valence-corrected chi connectivity index (χ2v) is 8.17. The zero-order valence-corrected chi connectivity index (χ0v) is 17.5. The lowest BCUT2D eigenvalue weighted by Crippen LogP contribution is -2.31. The highest BCUT2D eigenvalue weighted by atomic mass is 79.9. The minimum atomic E-state index is -0.255. The van der Waals surface area contributed by atoms with Gasteiger partial charge in [0.1, 0.15) is 5.15 Å². The molecule has 1 saturated carbocycles. The van der Waals surface area contributed by atoms with E-state index in [4.69, 9.17) is 11.6 Å². The Morgan fingerprint density at radius 2 is 1.61 bits per heavy atom. The number of hydrogen-bond donors (Lipinski definition) is 0. The van der Waals surface area contributed by atoms with Crippen molar-refractivity contribution in [2.45, 2.75) is 25.7 Å². The molecule has 0 radical (unpaired) electrons. The number of imide groups is 1. The van der Waals surface area contributed by atoms with Gasteiger partial charge >= 0.3 is 0 Å². The smallest absolute Gasteiger partial charge is 0.261 e. The third-order valence-electron chi connectivity index (χ3n) is 4.64. The number of benzene rings is 2. The van der Waals surface area contributed by atoms with E-state index in [-0.39, 0.29) is 18.4 Å². The fraction of sp³-hybridized carbons (Fsp3) is 0.227. The minimum absolute atomic E-state index is 0.255. The summed E-state index contributed by atoms with van der Waals surface area (Å²) in [5.41, 5.74) is 2.53. The van der Waals surface area contributed by atoms with Crippen LogP contribution in [0.4, 0.5) is 0 Å². The summed E-state index contributed by atoms with van der Waals surface area (Å²) in [5.74, 6) is -0.510. The van der Waals surface area contributed by atoms with E-state index < -0.39 is 0 Å². The zero-order chi connectivity index (χ0) is 19.7. The predicted octanol–water partition coefficient (Wildman–Crippen LogP) is 5.66. The SMILES string of the molecule is C1CC1.O=C1c2ccccc2C(=O)N1CCc1cc2ccc(Br)cc2nc1Cl. The Morgan fingerprint density at radius 3 is 2.21 bits per heavy atom. The number of carbonyl (C=O) groups is 2. The number of hydrogen-bond acceptors (Lipinski definition) is 3. The Bertz CT molecular complexity index is 1040. The summed E-state index contributed by atoms with van der Waals surface area (Å²) in [6.07, 6.45) is 4.96. The third-order valence-corrected chi connectivity index (χ3v) is 5.46. The number of carbonyl (C=O) groups excluding carboxylic acids is 2. The molecule has 2 aromatic carbocycles. The van der Waals surface area contributed by atoms with Crippen LogP contribution in [0, 0.1) is 0 Å². The van der Waals surface area contributed by atoms with E-state index in [1.54, 1.807) is 24.3 Å². The summed E-state index contributed by atoms with van der Waals surface area (Å²) in [4.78, 5) is 30.5. The van der Waals surface area contributed by atoms with E-state index in [9.17, 15) is 9.59 Å². The number of nitrogens with zero attached hydrogens (tertiary/aromatic N) is 2. The van der Waals surface area contributed by atoms with Gasteiger partial charge in [-0.15, -0.1) is 0 Å². The van der Waals surface area contributed by atoms with Crippen LogP contribution in [0.15, 0.2) is 53.0 Å². The Morgan fingerprint density at radius 1 is 0.964 bits per heavy atom. The normalized spacial score (nSPS) is 14.7. The molecule has 4 nitrogen and oxygen atoms in total. The van der Waals surface area contributed by atoms with Crippen molar-refractivity contribution in [3.8, 4) is 0 Å². The van der Waals surface area contributed by atoms with Crippen molar-refractivity contribution in [2.75, 3.05) is 6.54 Å². The van der Waals surface area contributed by atoms with Crippen molar-refractivity contribution in [3.63, 3.8) is 0 Å². The van der Waals surface area contributed by atoms with Crippen LogP contribution in [0.1, 0.15) is 45.5 Å². The summed E-state index contributed by atoms with van der Waals surface area (Å²) in [7, 11) is 0. The molecule has 2 aliphatic rings. The van der Waals surface area contributed by atoms with Gasteiger partial charge in [0.05, 0.1) is 16.6 Å². The Labute approximate surface area is 176 Å². The van der Waals surface area contributed by atoms with Gasteiger partial charge in [-0.1, -0.05) is 65.0 Å². The molecule has 0 atom stereocenters. The highest BCUT2D eigenvalue weighted by Crippen LogP contribution is 2.26. The lowest BCUT2D eigenvalue weighted by Gasteiger charge is -2.14. The second kappa shape index (κ2) is 8.02. The maximum absolute atomic E-state index is 12.4. The molecule has 0 unspecified atom stereocenters. The van der Waals surface area contributed by atoms with Crippen molar-refractivity contribution in [1.29, 1.82) is 0 Å². The number of amides is 2. The first-order chi connectivity index (χ1) is 13.5. The van der Waals surface area contributed by atoms with Gasteiger partial charge in [0.25, 0.3) is 11.8 Å². The molecule has 1 aliphatic heterocycles. The van der Waals surface area contributed by atoms with Crippen molar-refractivity contribution < 1.29 is 9.59 Å². The Balaban J connectivity index is 0.000000586. The molecule has 3 aromatic rings. The second-order valence-electron chi connectivity index (χ2n) is 6.89. The molecule has 2 amide bonds. The lowest BCUT2D eigenvalue weighted by atomic mass is 10.1. The van der Waals surface area contributed by atoms with Gasteiger partial charge < -0.3 is 0 Å². The van der Waals surface area contributed by atoms with E-state index in [0.29, 0.717) is 22.7 Å². The van der Waals surface area contributed by atoms with E-state index >= 15 is 0 Å². The topological polar surface area (TPSA) is 50.3 Å². The van der Waals surface area contributed by atoms with Crippen LogP contribution in [-0.2, 0) is 6.42 Å². The Hall–Kier alpha value is -2.24. The molecule has 0 spiro atoms. The maximum Gasteiger partial charge on any atom is 0.261 e. The first kappa shape index (κ1) is 19.1. The maximum atomic E-state index is 12.4. The molecular weight excluding hydrogens is 440 g/mol. The molecule has 1 aliphatic carbocycles. The number of aromatic nitrogens is 1. The highest BCUT2D eigenvalue weighted by Gasteiger charge is 2.34. The molecule has 2 heterocycles. The molecule has 1 aromatic heterocycles. The number of fused-ring (bicyclic) bond motifs is 2. The van der Waals surface area contributed by atoms with Gasteiger partial charge in [-0.25, -0.2) is 4.98 Å². The van der Waals surface area contributed by atoms with E-state index in [2.05, 4.69) is 20.9 Å². The van der Waals surface area contributed by atoms with E-state index in [0.717, 1.165) is 20.9 Å². The summed E-state index contributed by atoms with van der Waals surface area (Å²) < 4.78 is 0.933. The minimum Gasteiger partial charge on any atom is -0.274 e. The molecule has 142 valence electrons. The first-order valence-electron chi connectivity index (χ1n) is 9.24. The molecule has 6 heteroatoms. The van der Waals surface area contributed by atoms with E-state index in [1.165, 1.54) is 24.2 Å². The Kier molecular flexibility index (Phi) is 5.47. The van der Waals surface area contributed by atoms with Crippen LogP contribution >= 0.6 is 27.5 Å². The predicted molar refractivity (Wildman–Crippen MR) is 114 cm³/mol. The van der Waals surface area contributed by atoms with Gasteiger partial charge in [-0.05, 0) is 42.3 Å². The van der Waals surface area contributed by atoms with Crippen LogP contribution < -0.4 is 0 Å². The van der Waals surface area contributed by atoms with Gasteiger partial charge in [-0.3, -0.25) is 14.5 Å². The largest absolute Gasteiger partial charge is 0.274 e. The summed E-state index contributed by atoms with van der Waals surface area (Å²) in [6, 6.07) is 14.6. The van der Waals surface area contributed by atoms with Gasteiger partial charge in [0, 0.05) is 16.4 Å². The number of pyridine rings is 1. The van der Waals surface area contributed by atoms with Crippen molar-refractivity contribution in [2.24, 2.45) is 0 Å². The number of rotatable bonds is 3. The number of halogens is 2. The zero-order valence-electron chi connectivity index (χ0n) is 15.1. The molecule has 1 fully saturated rings.